The molecule has 0 aliphatic carbocycles. The first-order valence-corrected chi connectivity index (χ1v) is 7.22. The van der Waals surface area contributed by atoms with Crippen LogP contribution in [0.2, 0.25) is 0 Å². The summed E-state index contributed by atoms with van der Waals surface area (Å²) in [5.41, 5.74) is 0. The molecule has 0 aromatic rings. The number of carbonyl (C=O) groups is 1. The Hall–Kier alpha value is 0.0700. The number of carbonyl (C=O) groups excluding carboxylic acids is 1. The molecule has 0 bridgehead atoms. The molecule has 2 aliphatic rings. The quantitative estimate of drug-likeness (QED) is 0.822. The molecule has 1 amide bonds. The van der Waals surface area contributed by atoms with Gasteiger partial charge in [0, 0.05) is 17.2 Å². The van der Waals surface area contributed by atoms with Crippen molar-refractivity contribution in [3.8, 4) is 0 Å². The number of hydrogen-bond acceptors (Lipinski definition) is 3. The number of rotatable bonds is 4. The van der Waals surface area contributed by atoms with E-state index in [2.05, 4.69) is 17.6 Å². The highest BCUT2D eigenvalue weighted by molar-refractivity contribution is 8.00. The molecule has 100 valence electrons. The Labute approximate surface area is 114 Å². The molecule has 0 radical (unpaired) electrons. The second-order valence-corrected chi connectivity index (χ2v) is 7.01. The van der Waals surface area contributed by atoms with Crippen molar-refractivity contribution in [3.63, 3.8) is 0 Å². The van der Waals surface area contributed by atoms with E-state index in [0.29, 0.717) is 5.92 Å². The third-order valence-corrected chi connectivity index (χ3v) is 5.41. The number of amides is 1. The highest BCUT2D eigenvalue weighted by atomic mass is 35.5. The first kappa shape index (κ1) is 15.1. The van der Waals surface area contributed by atoms with E-state index in [-0.39, 0.29) is 29.0 Å². The van der Waals surface area contributed by atoms with Gasteiger partial charge in [-0.15, -0.1) is 12.4 Å². The highest BCUT2D eigenvalue weighted by Gasteiger charge is 2.32. The van der Waals surface area contributed by atoms with Crippen LogP contribution in [0.25, 0.3) is 0 Å². The Morgan fingerprint density at radius 3 is 2.76 bits per heavy atom. The molecule has 3 nitrogen and oxygen atoms in total. The minimum Gasteiger partial charge on any atom is -0.354 e. The Kier molecular flexibility index (Phi) is 5.61. The van der Waals surface area contributed by atoms with Gasteiger partial charge < -0.3 is 10.6 Å². The van der Waals surface area contributed by atoms with Crippen LogP contribution >= 0.6 is 24.2 Å². The molecule has 0 saturated carbocycles. The lowest BCUT2D eigenvalue weighted by Crippen LogP contribution is -2.50. The molecule has 0 aromatic heterocycles. The number of nitrogens with one attached hydrogen (secondary N) is 2. The number of hydrogen-bond donors (Lipinski definition) is 2. The van der Waals surface area contributed by atoms with Crippen molar-refractivity contribution < 1.29 is 4.79 Å². The molecular formula is C12H23ClN2OS. The molecule has 5 heteroatoms. The Balaban J connectivity index is 0.00000144. The van der Waals surface area contributed by atoms with Crippen LogP contribution in [-0.4, -0.2) is 36.0 Å². The molecule has 2 unspecified atom stereocenters. The van der Waals surface area contributed by atoms with E-state index >= 15 is 0 Å². The smallest absolute Gasteiger partial charge is 0.223 e. The first-order valence-electron chi connectivity index (χ1n) is 6.23. The number of halogens is 1. The zero-order valence-electron chi connectivity index (χ0n) is 10.6. The Morgan fingerprint density at radius 2 is 2.29 bits per heavy atom. The normalized spacial score (nSPS) is 30.2. The molecule has 2 atom stereocenters. The summed E-state index contributed by atoms with van der Waals surface area (Å²) in [5.74, 6) is 2.19. The van der Waals surface area contributed by atoms with Crippen molar-refractivity contribution in [2.24, 2.45) is 11.8 Å². The fourth-order valence-electron chi connectivity index (χ4n) is 2.29. The fourth-order valence-corrected chi connectivity index (χ4v) is 3.53. The lowest BCUT2D eigenvalue weighted by molar-refractivity contribution is -0.126. The minimum atomic E-state index is 0. The van der Waals surface area contributed by atoms with Crippen molar-refractivity contribution >= 4 is 30.1 Å². The van der Waals surface area contributed by atoms with E-state index in [0.717, 1.165) is 19.6 Å². The lowest BCUT2D eigenvalue weighted by atomic mass is 9.88. The van der Waals surface area contributed by atoms with Crippen molar-refractivity contribution in [2.45, 2.75) is 31.4 Å². The Morgan fingerprint density at radius 1 is 1.59 bits per heavy atom. The molecule has 0 spiro atoms. The average Bonchev–Trinajstić information content (AvgIpc) is 2.59. The predicted molar refractivity (Wildman–Crippen MR) is 75.9 cm³/mol. The summed E-state index contributed by atoms with van der Waals surface area (Å²) >= 11 is 2.00. The van der Waals surface area contributed by atoms with E-state index in [1.807, 2.05) is 18.7 Å². The fraction of sp³-hybridized carbons (Fsp3) is 0.917. The van der Waals surface area contributed by atoms with E-state index in [4.69, 9.17) is 0 Å². The van der Waals surface area contributed by atoms with Crippen molar-refractivity contribution in [2.75, 3.05) is 25.4 Å². The van der Waals surface area contributed by atoms with Crippen molar-refractivity contribution in [1.82, 2.24) is 10.6 Å². The van der Waals surface area contributed by atoms with Gasteiger partial charge in [0.15, 0.2) is 0 Å². The van der Waals surface area contributed by atoms with Gasteiger partial charge in [0.1, 0.15) is 0 Å². The maximum atomic E-state index is 11.9. The third-order valence-electron chi connectivity index (χ3n) is 3.87. The van der Waals surface area contributed by atoms with Crippen LogP contribution in [0.15, 0.2) is 0 Å². The lowest BCUT2D eigenvalue weighted by Gasteiger charge is -2.32. The summed E-state index contributed by atoms with van der Waals surface area (Å²) in [6.07, 6.45) is 2.52. The van der Waals surface area contributed by atoms with E-state index < -0.39 is 0 Å². The van der Waals surface area contributed by atoms with Crippen LogP contribution in [-0.2, 0) is 4.79 Å². The van der Waals surface area contributed by atoms with Gasteiger partial charge >= 0.3 is 0 Å². The van der Waals surface area contributed by atoms with Gasteiger partial charge in [0.25, 0.3) is 0 Å². The van der Waals surface area contributed by atoms with Gasteiger partial charge in [-0.3, -0.25) is 4.79 Å². The summed E-state index contributed by atoms with van der Waals surface area (Å²) in [7, 11) is 0. The minimum absolute atomic E-state index is 0. The van der Waals surface area contributed by atoms with E-state index in [1.165, 1.54) is 18.6 Å². The van der Waals surface area contributed by atoms with Crippen LogP contribution in [0.5, 0.6) is 0 Å². The van der Waals surface area contributed by atoms with Gasteiger partial charge in [0.05, 0.1) is 0 Å². The summed E-state index contributed by atoms with van der Waals surface area (Å²) in [5, 5.41) is 6.34. The van der Waals surface area contributed by atoms with Crippen molar-refractivity contribution in [1.29, 1.82) is 0 Å². The van der Waals surface area contributed by atoms with Crippen LogP contribution in [0.3, 0.4) is 0 Å². The van der Waals surface area contributed by atoms with Gasteiger partial charge in [0.2, 0.25) is 5.91 Å². The zero-order valence-corrected chi connectivity index (χ0v) is 12.3. The van der Waals surface area contributed by atoms with Gasteiger partial charge in [-0.05, 0) is 44.5 Å². The third kappa shape index (κ3) is 3.76. The molecule has 0 aromatic carbocycles. The monoisotopic (exact) mass is 278 g/mol. The summed E-state index contributed by atoms with van der Waals surface area (Å²) in [6, 6.07) is 0. The van der Waals surface area contributed by atoms with Gasteiger partial charge in [-0.25, -0.2) is 0 Å². The van der Waals surface area contributed by atoms with Crippen LogP contribution < -0.4 is 10.6 Å². The highest BCUT2D eigenvalue weighted by Crippen LogP contribution is 2.37. The SMILES string of the molecule is CC(C(=O)NCC1(C)CCCS1)C1CNC1.Cl. The van der Waals surface area contributed by atoms with Crippen molar-refractivity contribution in [3.05, 3.63) is 0 Å². The number of thioether (sulfide) groups is 1. The van der Waals surface area contributed by atoms with E-state index in [1.54, 1.807) is 0 Å². The molecule has 2 fully saturated rings. The summed E-state index contributed by atoms with van der Waals surface area (Å²) < 4.78 is 0.285. The molecule has 2 rings (SSSR count). The second-order valence-electron chi connectivity index (χ2n) is 5.33. The largest absolute Gasteiger partial charge is 0.354 e. The zero-order chi connectivity index (χ0) is 11.6. The molecule has 2 N–H and O–H groups in total. The average molecular weight is 279 g/mol. The van der Waals surface area contributed by atoms with Crippen LogP contribution in [0.1, 0.15) is 26.7 Å². The standard InChI is InChI=1S/C12H22N2OS.ClH/c1-9(10-6-13-7-10)11(15)14-8-12(2)4-3-5-16-12;/h9-10,13H,3-8H2,1-2H3,(H,14,15);1H. The molecule has 2 aliphatic heterocycles. The van der Waals surface area contributed by atoms with Crippen LogP contribution in [0.4, 0.5) is 0 Å². The Bertz CT molecular complexity index is 265. The van der Waals surface area contributed by atoms with E-state index in [9.17, 15) is 4.79 Å². The molecule has 17 heavy (non-hydrogen) atoms. The molecule has 2 heterocycles. The predicted octanol–water partition coefficient (Wildman–Crippen LogP) is 1.67. The summed E-state index contributed by atoms with van der Waals surface area (Å²) in [4.78, 5) is 11.9. The molecular weight excluding hydrogens is 256 g/mol. The maximum absolute atomic E-state index is 11.9. The first-order chi connectivity index (χ1) is 7.61. The summed E-state index contributed by atoms with van der Waals surface area (Å²) in [6.45, 7) is 7.15. The van der Waals surface area contributed by atoms with Crippen LogP contribution in [0, 0.1) is 11.8 Å². The topological polar surface area (TPSA) is 41.1 Å². The van der Waals surface area contributed by atoms with Gasteiger partial charge in [-0.1, -0.05) is 6.92 Å². The maximum Gasteiger partial charge on any atom is 0.223 e. The van der Waals surface area contributed by atoms with Gasteiger partial charge in [-0.2, -0.15) is 11.8 Å². The molecule has 2 saturated heterocycles. The second kappa shape index (κ2) is 6.30.